The van der Waals surface area contributed by atoms with E-state index in [-0.39, 0.29) is 38.2 Å². The van der Waals surface area contributed by atoms with Crippen molar-refractivity contribution in [3.05, 3.63) is 35.9 Å². The van der Waals surface area contributed by atoms with E-state index < -0.39 is 41.5 Å². The minimum absolute atomic E-state index is 0.0478. The van der Waals surface area contributed by atoms with Crippen molar-refractivity contribution in [2.75, 3.05) is 6.54 Å². The lowest BCUT2D eigenvalue weighted by Crippen LogP contribution is -2.44. The van der Waals surface area contributed by atoms with Crippen molar-refractivity contribution >= 4 is 35.8 Å². The van der Waals surface area contributed by atoms with Crippen LogP contribution in [0.3, 0.4) is 0 Å². The quantitative estimate of drug-likeness (QED) is 0.156. The highest BCUT2D eigenvalue weighted by molar-refractivity contribution is 6.01. The van der Waals surface area contributed by atoms with Crippen LogP contribution in [0.15, 0.2) is 30.3 Å². The molecule has 1 aromatic carbocycles. The van der Waals surface area contributed by atoms with E-state index in [1.165, 1.54) is 0 Å². The Morgan fingerprint density at radius 1 is 0.881 bits per heavy atom. The molecule has 2 N–H and O–H groups in total. The zero-order chi connectivity index (χ0) is 31.0. The van der Waals surface area contributed by atoms with Crippen LogP contribution in [0.25, 0.3) is 0 Å². The molecule has 1 aromatic rings. The van der Waals surface area contributed by atoms with Crippen LogP contribution in [0.2, 0.25) is 0 Å². The second-order valence-electron chi connectivity index (χ2n) is 11.1. The first-order chi connectivity index (χ1) is 19.9. The van der Waals surface area contributed by atoms with Gasteiger partial charge in [0, 0.05) is 32.2 Å². The van der Waals surface area contributed by atoms with Gasteiger partial charge in [-0.2, -0.15) is 0 Å². The molecule has 232 valence electrons. The molecule has 1 saturated heterocycles. The van der Waals surface area contributed by atoms with Gasteiger partial charge >= 0.3 is 18.0 Å². The van der Waals surface area contributed by atoms with Gasteiger partial charge in [-0.3, -0.25) is 14.4 Å². The van der Waals surface area contributed by atoms with Crippen molar-refractivity contribution in [2.24, 2.45) is 0 Å². The summed E-state index contributed by atoms with van der Waals surface area (Å²) in [5.41, 5.74) is 0.180. The average molecular weight is 590 g/mol. The zero-order valence-corrected chi connectivity index (χ0v) is 24.8. The number of alkyl carbamates (subject to hydrolysis) is 1. The molecule has 1 heterocycles. The number of unbranched alkanes of at least 4 members (excludes halogenated alkanes) is 4. The van der Waals surface area contributed by atoms with Crippen LogP contribution < -0.4 is 10.6 Å². The fourth-order valence-electron chi connectivity index (χ4n) is 4.04. The standard InChI is InChI=1S/C30H43N3O9/c1-30(2,3)41-28(38)23(15-11-12-20-31-29(39)40-21-22-13-7-6-8-14-22)32-24(34)16-9-4-5-10-17-27(37)42-33-25(35)18-19-26(33)36/h6-8,13-14,23H,4-5,9-12,15-21H2,1-3H3,(H,31,39)(H,32,34)/t23-/m1/s1. The fraction of sp³-hybridized carbons (Fsp3) is 0.600. The Kier molecular flexibility index (Phi) is 14.5. The highest BCUT2D eigenvalue weighted by Crippen LogP contribution is 2.15. The number of hydrogen-bond acceptors (Lipinski definition) is 9. The van der Waals surface area contributed by atoms with Gasteiger partial charge in [-0.1, -0.05) is 43.2 Å². The van der Waals surface area contributed by atoms with Crippen molar-refractivity contribution in [3.63, 3.8) is 0 Å². The van der Waals surface area contributed by atoms with Gasteiger partial charge in [0.05, 0.1) is 0 Å². The molecule has 0 spiro atoms. The van der Waals surface area contributed by atoms with Crippen LogP contribution in [0.1, 0.15) is 97.0 Å². The molecular formula is C30H43N3O9. The van der Waals surface area contributed by atoms with Crippen LogP contribution >= 0.6 is 0 Å². The third-order valence-electron chi connectivity index (χ3n) is 6.16. The molecule has 12 nitrogen and oxygen atoms in total. The lowest BCUT2D eigenvalue weighted by Gasteiger charge is -2.24. The Labute approximate surface area is 246 Å². The molecule has 0 aromatic heterocycles. The SMILES string of the molecule is CC(C)(C)OC(=O)[C@@H](CCCCNC(=O)OCc1ccccc1)NC(=O)CCCCCCC(=O)ON1C(=O)CCC1=O. The lowest BCUT2D eigenvalue weighted by molar-refractivity contribution is -0.197. The third kappa shape index (κ3) is 14.1. The average Bonchev–Trinajstić information content (AvgIpc) is 3.24. The normalized spacial score (nSPS) is 13.8. The summed E-state index contributed by atoms with van der Waals surface area (Å²) in [4.78, 5) is 76.9. The maximum Gasteiger partial charge on any atom is 0.407 e. The molecular weight excluding hydrogens is 546 g/mol. The van der Waals surface area contributed by atoms with E-state index in [2.05, 4.69) is 10.6 Å². The number of imide groups is 1. The van der Waals surface area contributed by atoms with Gasteiger partial charge in [-0.15, -0.1) is 5.06 Å². The topological polar surface area (TPSA) is 157 Å². The molecule has 42 heavy (non-hydrogen) atoms. The molecule has 0 bridgehead atoms. The summed E-state index contributed by atoms with van der Waals surface area (Å²) < 4.78 is 10.7. The van der Waals surface area contributed by atoms with Crippen molar-refractivity contribution in [1.29, 1.82) is 0 Å². The highest BCUT2D eigenvalue weighted by atomic mass is 16.7. The predicted octanol–water partition coefficient (Wildman–Crippen LogP) is 3.86. The number of nitrogens with one attached hydrogen (secondary N) is 2. The number of benzene rings is 1. The number of carbonyl (C=O) groups is 6. The van der Waals surface area contributed by atoms with Gasteiger partial charge < -0.3 is 24.9 Å². The van der Waals surface area contributed by atoms with E-state index >= 15 is 0 Å². The number of hydroxylamine groups is 2. The van der Waals surface area contributed by atoms with E-state index in [0.29, 0.717) is 56.6 Å². The lowest BCUT2D eigenvalue weighted by atomic mass is 10.1. The van der Waals surface area contributed by atoms with Gasteiger partial charge in [0.25, 0.3) is 11.8 Å². The van der Waals surface area contributed by atoms with E-state index in [4.69, 9.17) is 14.3 Å². The van der Waals surface area contributed by atoms with Crippen molar-refractivity contribution in [2.45, 2.75) is 110 Å². The Morgan fingerprint density at radius 3 is 2.17 bits per heavy atom. The summed E-state index contributed by atoms with van der Waals surface area (Å²) in [6.45, 7) is 5.80. The number of amides is 4. The smallest absolute Gasteiger partial charge is 0.407 e. The van der Waals surface area contributed by atoms with Crippen LogP contribution in [-0.4, -0.2) is 59.0 Å². The summed E-state index contributed by atoms with van der Waals surface area (Å²) in [7, 11) is 0. The summed E-state index contributed by atoms with van der Waals surface area (Å²) in [5.74, 6) is -2.46. The summed E-state index contributed by atoms with van der Waals surface area (Å²) in [5, 5.41) is 5.98. The van der Waals surface area contributed by atoms with Gasteiger partial charge in [-0.05, 0) is 58.4 Å². The number of rotatable bonds is 17. The first-order valence-corrected chi connectivity index (χ1v) is 14.5. The molecule has 1 aliphatic heterocycles. The van der Waals surface area contributed by atoms with E-state index in [0.717, 1.165) is 5.56 Å². The molecule has 1 fully saturated rings. The predicted molar refractivity (Wildman–Crippen MR) is 151 cm³/mol. The number of esters is 1. The van der Waals surface area contributed by atoms with Gasteiger partial charge in [-0.25, -0.2) is 14.4 Å². The van der Waals surface area contributed by atoms with Crippen molar-refractivity contribution in [3.8, 4) is 0 Å². The monoisotopic (exact) mass is 589 g/mol. The van der Waals surface area contributed by atoms with Gasteiger partial charge in [0.1, 0.15) is 18.2 Å². The highest BCUT2D eigenvalue weighted by Gasteiger charge is 2.32. The number of nitrogens with zero attached hydrogens (tertiary/aromatic N) is 1. The second kappa shape index (κ2) is 17.8. The molecule has 2 rings (SSSR count). The maximum atomic E-state index is 12.7. The maximum absolute atomic E-state index is 12.7. The molecule has 0 radical (unpaired) electrons. The minimum atomic E-state index is -0.812. The fourth-order valence-corrected chi connectivity index (χ4v) is 4.04. The Bertz CT molecular complexity index is 1050. The number of hydrogen-bond donors (Lipinski definition) is 2. The minimum Gasteiger partial charge on any atom is -0.458 e. The Hall–Kier alpha value is -3.96. The summed E-state index contributed by atoms with van der Waals surface area (Å²) in [6, 6.07) is 8.53. The van der Waals surface area contributed by atoms with E-state index in [1.807, 2.05) is 30.3 Å². The first kappa shape index (κ1) is 34.2. The molecule has 0 unspecified atom stereocenters. The first-order valence-electron chi connectivity index (χ1n) is 14.5. The summed E-state index contributed by atoms with van der Waals surface area (Å²) in [6.07, 6.45) is 3.70. The molecule has 12 heteroatoms. The Morgan fingerprint density at radius 2 is 1.52 bits per heavy atom. The zero-order valence-electron chi connectivity index (χ0n) is 24.8. The Balaban J connectivity index is 1.64. The van der Waals surface area contributed by atoms with Crippen LogP contribution in [0.5, 0.6) is 0 Å². The molecule has 4 amide bonds. The molecule has 1 aliphatic rings. The third-order valence-corrected chi connectivity index (χ3v) is 6.16. The van der Waals surface area contributed by atoms with Crippen molar-refractivity contribution < 1.29 is 43.1 Å². The largest absolute Gasteiger partial charge is 0.458 e. The van der Waals surface area contributed by atoms with Crippen LogP contribution in [-0.2, 0) is 44.9 Å². The molecule has 0 saturated carbocycles. The van der Waals surface area contributed by atoms with Gasteiger partial charge in [0.15, 0.2) is 0 Å². The van der Waals surface area contributed by atoms with Crippen LogP contribution in [0, 0.1) is 0 Å². The van der Waals surface area contributed by atoms with Crippen LogP contribution in [0.4, 0.5) is 4.79 Å². The second-order valence-corrected chi connectivity index (χ2v) is 11.1. The van der Waals surface area contributed by atoms with Gasteiger partial charge in [0.2, 0.25) is 5.91 Å². The number of ether oxygens (including phenoxy) is 2. The van der Waals surface area contributed by atoms with E-state index in [1.54, 1.807) is 20.8 Å². The molecule has 1 atom stereocenters. The van der Waals surface area contributed by atoms with E-state index in [9.17, 15) is 28.8 Å². The molecule has 0 aliphatic carbocycles. The number of carbonyl (C=O) groups excluding carboxylic acids is 6. The summed E-state index contributed by atoms with van der Waals surface area (Å²) >= 11 is 0. The van der Waals surface area contributed by atoms with Crippen molar-refractivity contribution in [1.82, 2.24) is 15.7 Å².